The van der Waals surface area contributed by atoms with Crippen molar-refractivity contribution in [3.8, 4) is 0 Å². The molecule has 1 saturated heterocycles. The van der Waals surface area contributed by atoms with E-state index >= 15 is 0 Å². The number of sulfonamides is 1. The first-order valence-electron chi connectivity index (χ1n) is 7.25. The summed E-state index contributed by atoms with van der Waals surface area (Å²) >= 11 is 0. The van der Waals surface area contributed by atoms with Gasteiger partial charge in [0.25, 0.3) is 10.0 Å². The minimum absolute atomic E-state index is 0.145. The van der Waals surface area contributed by atoms with Crippen LogP contribution in [0.25, 0.3) is 0 Å². The largest absolute Gasteiger partial charge is 0.335 e. The first-order chi connectivity index (χ1) is 9.91. The van der Waals surface area contributed by atoms with Crippen LogP contribution >= 0.6 is 0 Å². The second kappa shape index (κ2) is 6.87. The van der Waals surface area contributed by atoms with E-state index in [4.69, 9.17) is 0 Å². The molecule has 1 aromatic rings. The Bertz CT molecular complexity index is 523. The van der Waals surface area contributed by atoms with Gasteiger partial charge in [-0.25, -0.2) is 13.4 Å². The molecule has 21 heavy (non-hydrogen) atoms. The Morgan fingerprint density at radius 1 is 1.33 bits per heavy atom. The van der Waals surface area contributed by atoms with E-state index in [1.54, 1.807) is 7.05 Å². The van der Waals surface area contributed by atoms with E-state index in [1.165, 1.54) is 16.8 Å². The van der Waals surface area contributed by atoms with Gasteiger partial charge in [-0.3, -0.25) is 0 Å². The average molecular weight is 315 g/mol. The number of aromatic amines is 1. The number of nitrogens with zero attached hydrogens (tertiary/aromatic N) is 4. The van der Waals surface area contributed by atoms with Gasteiger partial charge in [0.05, 0.1) is 12.5 Å². The summed E-state index contributed by atoms with van der Waals surface area (Å²) < 4.78 is 25.9. The molecule has 0 unspecified atom stereocenters. The zero-order chi connectivity index (χ0) is 15.5. The Balaban J connectivity index is 1.85. The molecule has 120 valence electrons. The molecule has 0 saturated carbocycles. The van der Waals surface area contributed by atoms with E-state index in [2.05, 4.69) is 33.9 Å². The van der Waals surface area contributed by atoms with Crippen molar-refractivity contribution in [2.75, 3.05) is 47.3 Å². The molecular formula is C13H25N5O2S. The normalized spacial score (nSPS) is 18.7. The monoisotopic (exact) mass is 315 g/mol. The maximum atomic E-state index is 12.3. The van der Waals surface area contributed by atoms with Crippen molar-refractivity contribution in [3.63, 3.8) is 0 Å². The molecule has 1 fully saturated rings. The number of nitrogens with one attached hydrogen (secondary N) is 1. The van der Waals surface area contributed by atoms with Crippen molar-refractivity contribution in [2.24, 2.45) is 0 Å². The Hall–Kier alpha value is -0.960. The van der Waals surface area contributed by atoms with Crippen molar-refractivity contribution in [3.05, 3.63) is 12.5 Å². The summed E-state index contributed by atoms with van der Waals surface area (Å²) in [5, 5.41) is 0.145. The first-order valence-corrected chi connectivity index (χ1v) is 8.69. The molecule has 8 heteroatoms. The molecule has 1 N–H and O–H groups in total. The van der Waals surface area contributed by atoms with Gasteiger partial charge < -0.3 is 14.8 Å². The Morgan fingerprint density at radius 2 is 2.00 bits per heavy atom. The van der Waals surface area contributed by atoms with Gasteiger partial charge in [-0.2, -0.15) is 4.31 Å². The van der Waals surface area contributed by atoms with Gasteiger partial charge in [-0.1, -0.05) is 0 Å². The molecule has 0 amide bonds. The van der Waals surface area contributed by atoms with Gasteiger partial charge in [0.2, 0.25) is 0 Å². The molecule has 1 aliphatic rings. The van der Waals surface area contributed by atoms with E-state index < -0.39 is 10.0 Å². The summed E-state index contributed by atoms with van der Waals surface area (Å²) in [7, 11) is 2.38. The van der Waals surface area contributed by atoms with E-state index in [-0.39, 0.29) is 5.03 Å². The Kier molecular flexibility index (Phi) is 5.37. The van der Waals surface area contributed by atoms with Crippen molar-refractivity contribution in [2.45, 2.75) is 23.9 Å². The van der Waals surface area contributed by atoms with Crippen LogP contribution in [0.4, 0.5) is 0 Å². The molecule has 2 rings (SSSR count). The summed E-state index contributed by atoms with van der Waals surface area (Å²) in [4.78, 5) is 11.0. The highest BCUT2D eigenvalue weighted by Gasteiger charge is 2.24. The van der Waals surface area contributed by atoms with Gasteiger partial charge in [0, 0.05) is 26.2 Å². The van der Waals surface area contributed by atoms with Gasteiger partial charge in [-0.05, 0) is 40.0 Å². The molecule has 1 aliphatic heterocycles. The lowest BCUT2D eigenvalue weighted by molar-refractivity contribution is 0.141. The summed E-state index contributed by atoms with van der Waals surface area (Å²) in [6, 6.07) is 0.546. The van der Waals surface area contributed by atoms with Crippen LogP contribution < -0.4 is 0 Å². The van der Waals surface area contributed by atoms with Crippen molar-refractivity contribution in [1.82, 2.24) is 24.1 Å². The minimum atomic E-state index is -3.45. The number of imidazole rings is 1. The van der Waals surface area contributed by atoms with E-state index in [0.717, 1.165) is 32.5 Å². The molecule has 0 atom stereocenters. The van der Waals surface area contributed by atoms with Crippen LogP contribution in [0.5, 0.6) is 0 Å². The van der Waals surface area contributed by atoms with Crippen LogP contribution in [-0.2, 0) is 10.0 Å². The molecule has 7 nitrogen and oxygen atoms in total. The second-order valence-corrected chi connectivity index (χ2v) is 7.77. The van der Waals surface area contributed by atoms with Gasteiger partial charge >= 0.3 is 0 Å². The number of likely N-dealkylation sites (N-methyl/N-ethyl adjacent to an activating group) is 2. The zero-order valence-electron chi connectivity index (χ0n) is 13.0. The number of H-pyrrole nitrogens is 1. The number of hydrogen-bond donors (Lipinski definition) is 1. The third kappa shape index (κ3) is 4.03. The number of likely N-dealkylation sites (tertiary alicyclic amines) is 1. The Morgan fingerprint density at radius 3 is 2.57 bits per heavy atom. The maximum Gasteiger partial charge on any atom is 0.259 e. The zero-order valence-corrected chi connectivity index (χ0v) is 13.8. The van der Waals surface area contributed by atoms with E-state index in [0.29, 0.717) is 12.6 Å². The van der Waals surface area contributed by atoms with Gasteiger partial charge in [-0.15, -0.1) is 0 Å². The molecule has 0 aliphatic carbocycles. The van der Waals surface area contributed by atoms with E-state index in [9.17, 15) is 8.42 Å². The Labute approximate surface area is 127 Å². The van der Waals surface area contributed by atoms with Crippen LogP contribution in [0.3, 0.4) is 0 Å². The number of rotatable bonds is 6. The second-order valence-electron chi connectivity index (χ2n) is 5.76. The maximum absolute atomic E-state index is 12.3. The third-order valence-electron chi connectivity index (χ3n) is 4.24. The highest BCUT2D eigenvalue weighted by atomic mass is 32.2. The van der Waals surface area contributed by atoms with Gasteiger partial charge in [0.15, 0.2) is 5.03 Å². The van der Waals surface area contributed by atoms with Crippen LogP contribution in [0, 0.1) is 0 Å². The summed E-state index contributed by atoms with van der Waals surface area (Å²) in [6.07, 6.45) is 5.01. The predicted molar refractivity (Wildman–Crippen MR) is 81.6 cm³/mol. The number of hydrogen-bond acceptors (Lipinski definition) is 5. The number of piperidine rings is 1. The lowest BCUT2D eigenvalue weighted by Crippen LogP contribution is -2.44. The molecule has 0 bridgehead atoms. The topological polar surface area (TPSA) is 72.5 Å². The van der Waals surface area contributed by atoms with Crippen LogP contribution in [-0.4, -0.2) is 85.9 Å². The molecule has 1 aromatic heterocycles. The summed E-state index contributed by atoms with van der Waals surface area (Å²) in [6.45, 7) is 3.43. The van der Waals surface area contributed by atoms with Crippen molar-refractivity contribution < 1.29 is 8.42 Å². The first kappa shape index (κ1) is 16.4. The fourth-order valence-electron chi connectivity index (χ4n) is 2.59. The van der Waals surface area contributed by atoms with Crippen molar-refractivity contribution >= 4 is 10.0 Å². The minimum Gasteiger partial charge on any atom is -0.335 e. The molecule has 2 heterocycles. The van der Waals surface area contributed by atoms with Crippen molar-refractivity contribution in [1.29, 1.82) is 0 Å². The fraction of sp³-hybridized carbons (Fsp3) is 0.769. The smallest absolute Gasteiger partial charge is 0.259 e. The average Bonchev–Trinajstić information content (AvgIpc) is 3.00. The quantitative estimate of drug-likeness (QED) is 0.803. The predicted octanol–water partition coefficient (Wildman–Crippen LogP) is 0.0562. The fourth-order valence-corrected chi connectivity index (χ4v) is 3.64. The molecule has 0 radical (unpaired) electrons. The lowest BCUT2D eigenvalue weighted by Gasteiger charge is -2.35. The molecular weight excluding hydrogens is 290 g/mol. The van der Waals surface area contributed by atoms with Crippen LogP contribution in [0.1, 0.15) is 12.8 Å². The van der Waals surface area contributed by atoms with E-state index in [1.807, 2.05) is 0 Å². The standard InChI is InChI=1S/C13H25N5O2S/c1-16-6-4-12(5-7-16)17(2)8-9-18(3)21(19,20)13-10-14-11-15-13/h10-12H,4-9H2,1-3H3,(H,14,15). The third-order valence-corrected chi connectivity index (χ3v) is 6.02. The molecule has 0 aromatic carbocycles. The van der Waals surface area contributed by atoms with Crippen LogP contribution in [0.2, 0.25) is 0 Å². The number of aromatic nitrogens is 2. The van der Waals surface area contributed by atoms with Crippen LogP contribution in [0.15, 0.2) is 17.6 Å². The lowest BCUT2D eigenvalue weighted by atomic mass is 10.0. The highest BCUT2D eigenvalue weighted by Crippen LogP contribution is 2.15. The molecule has 0 spiro atoms. The van der Waals surface area contributed by atoms with Gasteiger partial charge in [0.1, 0.15) is 0 Å². The summed E-state index contributed by atoms with van der Waals surface area (Å²) in [5.74, 6) is 0. The summed E-state index contributed by atoms with van der Waals surface area (Å²) in [5.41, 5.74) is 0. The highest BCUT2D eigenvalue weighted by molar-refractivity contribution is 7.89. The SMILES string of the molecule is CN1CCC(N(C)CCN(C)S(=O)(=O)c2cnc[nH]2)CC1.